The van der Waals surface area contributed by atoms with E-state index in [1.165, 1.54) is 17.7 Å². The summed E-state index contributed by atoms with van der Waals surface area (Å²) in [6.07, 6.45) is 3.83. The molecule has 1 fully saturated rings. The number of halogens is 4. The lowest BCUT2D eigenvalue weighted by atomic mass is 9.54. The predicted molar refractivity (Wildman–Crippen MR) is 137 cm³/mol. The Morgan fingerprint density at radius 2 is 1.84 bits per heavy atom. The third-order valence-corrected chi connectivity index (χ3v) is 8.64. The van der Waals surface area contributed by atoms with E-state index < -0.39 is 18.0 Å². The van der Waals surface area contributed by atoms with Crippen LogP contribution in [0, 0.1) is 29.0 Å². The van der Waals surface area contributed by atoms with Gasteiger partial charge in [0.05, 0.1) is 23.5 Å². The van der Waals surface area contributed by atoms with Gasteiger partial charge in [-0.3, -0.25) is 0 Å². The van der Waals surface area contributed by atoms with Crippen LogP contribution in [-0.4, -0.2) is 22.5 Å². The normalized spacial score (nSPS) is 26.9. The zero-order valence-corrected chi connectivity index (χ0v) is 20.6. The molecular weight excluding hydrogens is 478 g/mol. The number of hydrogen-bond donors (Lipinski definition) is 1. The molecule has 4 atom stereocenters. The van der Waals surface area contributed by atoms with E-state index in [9.17, 15) is 17.6 Å². The van der Waals surface area contributed by atoms with Crippen LogP contribution in [0.3, 0.4) is 0 Å². The van der Waals surface area contributed by atoms with Crippen molar-refractivity contribution in [2.45, 2.75) is 38.8 Å². The summed E-state index contributed by atoms with van der Waals surface area (Å²) in [5.74, 6) is -2.31. The summed E-state index contributed by atoms with van der Waals surface area (Å²) in [7, 11) is 0. The van der Waals surface area contributed by atoms with Crippen molar-refractivity contribution in [3.8, 4) is 5.69 Å². The highest BCUT2D eigenvalue weighted by atomic mass is 19.4. The van der Waals surface area contributed by atoms with Crippen molar-refractivity contribution in [2.75, 3.05) is 11.9 Å². The maximum atomic E-state index is 14.2. The number of allylic oxidation sites excluding steroid dienone is 3. The molecule has 1 saturated carbocycles. The topological polar surface area (TPSA) is 29.9 Å². The number of para-hydroxylation sites is 1. The van der Waals surface area contributed by atoms with Gasteiger partial charge in [-0.25, -0.2) is 9.07 Å². The van der Waals surface area contributed by atoms with Gasteiger partial charge in [-0.05, 0) is 85.6 Å². The van der Waals surface area contributed by atoms with Gasteiger partial charge in [0.25, 0.3) is 0 Å². The van der Waals surface area contributed by atoms with E-state index in [-0.39, 0.29) is 23.6 Å². The van der Waals surface area contributed by atoms with Crippen LogP contribution >= 0.6 is 0 Å². The molecule has 0 spiro atoms. The maximum Gasteiger partial charge on any atom is 0.392 e. The Hall–Kier alpha value is -3.35. The van der Waals surface area contributed by atoms with E-state index in [1.807, 2.05) is 47.3 Å². The number of nitrogens with zero attached hydrogens (tertiary/aromatic N) is 2. The first-order valence-electron chi connectivity index (χ1n) is 12.8. The molecular formula is C30H29F4N3. The van der Waals surface area contributed by atoms with Gasteiger partial charge < -0.3 is 5.32 Å². The Kier molecular flexibility index (Phi) is 5.77. The van der Waals surface area contributed by atoms with E-state index >= 15 is 0 Å². The summed E-state index contributed by atoms with van der Waals surface area (Å²) in [5, 5.41) is 7.88. The number of fused-ring (bicyclic) bond motifs is 4. The first kappa shape index (κ1) is 24.0. The average molecular weight is 508 g/mol. The fraction of sp³-hybridized carbons (Fsp3) is 0.367. The second-order valence-corrected chi connectivity index (χ2v) is 10.7. The average Bonchev–Trinajstić information content (AvgIpc) is 3.28. The van der Waals surface area contributed by atoms with Crippen LogP contribution < -0.4 is 5.32 Å². The molecule has 1 aromatic heterocycles. The van der Waals surface area contributed by atoms with Crippen LogP contribution in [-0.2, 0) is 6.42 Å². The van der Waals surface area contributed by atoms with Crippen molar-refractivity contribution in [3.63, 3.8) is 0 Å². The van der Waals surface area contributed by atoms with Crippen LogP contribution in [0.4, 0.5) is 23.2 Å². The molecule has 37 heavy (non-hydrogen) atoms. The Morgan fingerprint density at radius 1 is 1.08 bits per heavy atom. The zero-order valence-electron chi connectivity index (χ0n) is 20.6. The standard InChI is InChI=1S/C30H29F4N3/c1-29-16-19-17-36-37(23-10-8-21(31)9-11-23)28(19)15-20(29)7-12-24-25(18-35-22-5-3-2-4-6-22)27(30(32,33)34)14-13-26(24)29/h2-6,8-11,13,15,17,24-25,27,35H,7,12,14,16,18H2,1H3/t24?,25-,27-,29+/m1/s1. The van der Waals surface area contributed by atoms with Crippen molar-refractivity contribution in [1.82, 2.24) is 9.78 Å². The van der Waals surface area contributed by atoms with Gasteiger partial charge in [-0.2, -0.15) is 18.3 Å². The zero-order chi connectivity index (χ0) is 25.8. The van der Waals surface area contributed by atoms with Crippen LogP contribution in [0.15, 0.2) is 78.0 Å². The molecule has 3 aromatic rings. The monoisotopic (exact) mass is 507 g/mol. The molecule has 0 bridgehead atoms. The van der Waals surface area contributed by atoms with Crippen LogP contribution in [0.1, 0.15) is 37.4 Å². The lowest BCUT2D eigenvalue weighted by molar-refractivity contribution is -0.193. The van der Waals surface area contributed by atoms with E-state index in [0.29, 0.717) is 19.4 Å². The van der Waals surface area contributed by atoms with Crippen LogP contribution in [0.5, 0.6) is 0 Å². The molecule has 1 unspecified atom stereocenters. The Bertz CT molecular complexity index is 1350. The largest absolute Gasteiger partial charge is 0.392 e. The van der Waals surface area contributed by atoms with Gasteiger partial charge in [0.2, 0.25) is 0 Å². The third-order valence-electron chi connectivity index (χ3n) is 8.64. The summed E-state index contributed by atoms with van der Waals surface area (Å²) in [5.41, 5.74) is 5.73. The maximum absolute atomic E-state index is 14.2. The quantitative estimate of drug-likeness (QED) is 0.291. The lowest BCUT2D eigenvalue weighted by Crippen LogP contribution is -2.47. The van der Waals surface area contributed by atoms with Gasteiger partial charge in [0.15, 0.2) is 0 Å². The number of benzene rings is 2. The van der Waals surface area contributed by atoms with Crippen molar-refractivity contribution in [2.24, 2.45) is 23.2 Å². The molecule has 1 N–H and O–H groups in total. The summed E-state index contributed by atoms with van der Waals surface area (Å²) >= 11 is 0. The van der Waals surface area contributed by atoms with Gasteiger partial charge in [0.1, 0.15) is 5.82 Å². The van der Waals surface area contributed by atoms with Crippen LogP contribution in [0.25, 0.3) is 11.8 Å². The fourth-order valence-electron chi connectivity index (χ4n) is 6.78. The molecule has 1 heterocycles. The number of rotatable bonds is 4. The Labute approximate surface area is 213 Å². The smallest absolute Gasteiger partial charge is 0.385 e. The Morgan fingerprint density at radius 3 is 2.57 bits per heavy atom. The summed E-state index contributed by atoms with van der Waals surface area (Å²) in [6, 6.07) is 15.7. The molecule has 2 aromatic carbocycles. The lowest BCUT2D eigenvalue weighted by Gasteiger charge is -2.51. The number of hydrogen-bond acceptors (Lipinski definition) is 2. The van der Waals surface area contributed by atoms with Crippen molar-refractivity contribution in [3.05, 3.63) is 95.1 Å². The highest BCUT2D eigenvalue weighted by Crippen LogP contribution is 2.58. The minimum absolute atomic E-state index is 0.0149. The molecule has 3 nitrogen and oxygen atoms in total. The highest BCUT2D eigenvalue weighted by molar-refractivity contribution is 5.63. The number of aromatic nitrogens is 2. The van der Waals surface area contributed by atoms with E-state index in [0.717, 1.165) is 34.6 Å². The molecule has 0 radical (unpaired) electrons. The Balaban J connectivity index is 1.33. The SMILES string of the molecule is C[C@]12Cc3cnn(-c4ccc(F)cc4)c3C=C1CCC1C2=CC[C@@H](C(F)(F)F)[C@@H]1CNc1ccccc1. The second kappa shape index (κ2) is 8.89. The van der Waals surface area contributed by atoms with E-state index in [1.54, 1.807) is 12.1 Å². The highest BCUT2D eigenvalue weighted by Gasteiger charge is 2.54. The molecule has 0 amide bonds. The molecule has 192 valence electrons. The molecule has 3 aliphatic carbocycles. The van der Waals surface area contributed by atoms with Gasteiger partial charge in [0, 0.05) is 17.6 Å². The predicted octanol–water partition coefficient (Wildman–Crippen LogP) is 7.60. The first-order chi connectivity index (χ1) is 17.7. The minimum Gasteiger partial charge on any atom is -0.385 e. The summed E-state index contributed by atoms with van der Waals surface area (Å²) < 4.78 is 57.8. The molecule has 0 saturated heterocycles. The third kappa shape index (κ3) is 4.18. The van der Waals surface area contributed by atoms with E-state index in [4.69, 9.17) is 0 Å². The van der Waals surface area contributed by atoms with Gasteiger partial charge in [-0.1, -0.05) is 42.3 Å². The molecule has 0 aliphatic heterocycles. The van der Waals surface area contributed by atoms with Crippen molar-refractivity contribution in [1.29, 1.82) is 0 Å². The molecule has 7 heteroatoms. The van der Waals surface area contributed by atoms with Crippen LogP contribution in [0.2, 0.25) is 0 Å². The number of anilines is 1. The second-order valence-electron chi connectivity index (χ2n) is 10.7. The summed E-state index contributed by atoms with van der Waals surface area (Å²) in [6.45, 7) is 2.48. The molecule has 3 aliphatic rings. The number of alkyl halides is 3. The first-order valence-corrected chi connectivity index (χ1v) is 12.8. The van der Waals surface area contributed by atoms with E-state index in [2.05, 4.69) is 23.4 Å². The van der Waals surface area contributed by atoms with Gasteiger partial charge in [-0.15, -0.1) is 0 Å². The molecule has 6 rings (SSSR count). The van der Waals surface area contributed by atoms with Crippen molar-refractivity contribution >= 4 is 11.8 Å². The summed E-state index contributed by atoms with van der Waals surface area (Å²) in [4.78, 5) is 0. The number of nitrogens with one attached hydrogen (secondary N) is 1. The minimum atomic E-state index is -4.24. The van der Waals surface area contributed by atoms with Crippen molar-refractivity contribution < 1.29 is 17.6 Å². The fourth-order valence-corrected chi connectivity index (χ4v) is 6.78. The van der Waals surface area contributed by atoms with Gasteiger partial charge >= 0.3 is 6.18 Å².